The molecule has 86 valence electrons. The summed E-state index contributed by atoms with van der Waals surface area (Å²) in [6.45, 7) is 13.3. The van der Waals surface area contributed by atoms with Gasteiger partial charge in [0.1, 0.15) is 0 Å². The molecular formula is C10H23O3P. The molecule has 2 atom stereocenters. The molecule has 0 aliphatic carbocycles. The molecule has 0 N–H and O–H groups in total. The maximum atomic E-state index is 11.8. The quantitative estimate of drug-likeness (QED) is 0.680. The smallest absolute Gasteiger partial charge is 0.306 e. The lowest BCUT2D eigenvalue weighted by atomic mass is 9.91. The third-order valence-electron chi connectivity index (χ3n) is 1.97. The van der Waals surface area contributed by atoms with Gasteiger partial charge in [-0.15, -0.1) is 0 Å². The van der Waals surface area contributed by atoms with Crippen molar-refractivity contribution in [2.24, 2.45) is 5.41 Å². The van der Waals surface area contributed by atoms with Gasteiger partial charge in [0, 0.05) is 6.66 Å². The number of rotatable bonds is 4. The van der Waals surface area contributed by atoms with Gasteiger partial charge in [-0.1, -0.05) is 20.8 Å². The van der Waals surface area contributed by atoms with Crippen molar-refractivity contribution in [2.45, 2.75) is 53.8 Å². The van der Waals surface area contributed by atoms with Gasteiger partial charge in [-0.2, -0.15) is 0 Å². The average Bonchev–Trinajstić information content (AvgIpc) is 1.79. The molecule has 0 saturated carbocycles. The van der Waals surface area contributed by atoms with Crippen LogP contribution in [0.1, 0.15) is 41.5 Å². The molecule has 0 aromatic carbocycles. The summed E-state index contributed by atoms with van der Waals surface area (Å²) in [5, 5.41) is 0. The van der Waals surface area contributed by atoms with Gasteiger partial charge in [0.2, 0.25) is 0 Å². The van der Waals surface area contributed by atoms with Crippen molar-refractivity contribution in [3.8, 4) is 0 Å². The normalized spacial score (nSPS) is 19.4. The fourth-order valence-electron chi connectivity index (χ4n) is 0.853. The van der Waals surface area contributed by atoms with Crippen molar-refractivity contribution < 1.29 is 13.6 Å². The largest absolute Gasteiger partial charge is 0.328 e. The van der Waals surface area contributed by atoms with Gasteiger partial charge >= 0.3 is 7.60 Å². The molecule has 4 heteroatoms. The molecule has 0 spiro atoms. The molecule has 2 unspecified atom stereocenters. The summed E-state index contributed by atoms with van der Waals surface area (Å²) < 4.78 is 22.5. The summed E-state index contributed by atoms with van der Waals surface area (Å²) in [6, 6.07) is 0. The summed E-state index contributed by atoms with van der Waals surface area (Å²) >= 11 is 0. The Kier molecular flexibility index (Phi) is 4.83. The highest BCUT2D eigenvalue weighted by Crippen LogP contribution is 2.48. The van der Waals surface area contributed by atoms with Crippen LogP contribution in [0.4, 0.5) is 0 Å². The first-order chi connectivity index (χ1) is 6.04. The first kappa shape index (κ1) is 14.2. The standard InChI is InChI=1S/C10H23O3P/c1-8(2)12-14(7,11)13-9(3)10(4,5)6/h8-9H,1-7H3. The molecule has 0 fully saturated rings. The van der Waals surface area contributed by atoms with E-state index in [4.69, 9.17) is 9.05 Å². The lowest BCUT2D eigenvalue weighted by Gasteiger charge is -2.30. The molecule has 0 amide bonds. The minimum Gasteiger partial charge on any atom is -0.306 e. The van der Waals surface area contributed by atoms with Crippen molar-refractivity contribution in [1.29, 1.82) is 0 Å². The van der Waals surface area contributed by atoms with Crippen LogP contribution in [0.5, 0.6) is 0 Å². The third kappa shape index (κ3) is 5.79. The zero-order valence-corrected chi connectivity index (χ0v) is 11.2. The molecule has 0 radical (unpaired) electrons. The molecule has 0 aromatic heterocycles. The zero-order valence-electron chi connectivity index (χ0n) is 10.3. The molecule has 14 heavy (non-hydrogen) atoms. The molecule has 0 rings (SSSR count). The first-order valence-corrected chi connectivity index (χ1v) is 6.98. The van der Waals surface area contributed by atoms with Gasteiger partial charge in [0.05, 0.1) is 12.2 Å². The van der Waals surface area contributed by atoms with Gasteiger partial charge in [-0.25, -0.2) is 0 Å². The molecule has 0 aliphatic rings. The highest BCUT2D eigenvalue weighted by molar-refractivity contribution is 7.53. The van der Waals surface area contributed by atoms with E-state index in [1.54, 1.807) is 0 Å². The zero-order chi connectivity index (χ0) is 11.6. The molecule has 0 bridgehead atoms. The van der Waals surface area contributed by atoms with E-state index in [1.807, 2.05) is 41.5 Å². The fourth-order valence-corrected chi connectivity index (χ4v) is 2.56. The Balaban J connectivity index is 4.30. The molecule has 0 aromatic rings. The summed E-state index contributed by atoms with van der Waals surface area (Å²) in [6.07, 6.45) is -0.157. The van der Waals surface area contributed by atoms with Crippen LogP contribution >= 0.6 is 7.60 Å². The minimum absolute atomic E-state index is 0.0218. The summed E-state index contributed by atoms with van der Waals surface area (Å²) in [5.74, 6) is 0. The van der Waals surface area contributed by atoms with Gasteiger partial charge in [-0.3, -0.25) is 4.57 Å². The topological polar surface area (TPSA) is 35.5 Å². The summed E-state index contributed by atoms with van der Waals surface area (Å²) in [4.78, 5) is 0. The number of hydrogen-bond acceptors (Lipinski definition) is 3. The molecule has 0 saturated heterocycles. The highest BCUT2D eigenvalue weighted by atomic mass is 31.2. The van der Waals surface area contributed by atoms with Crippen LogP contribution < -0.4 is 0 Å². The summed E-state index contributed by atoms with van der Waals surface area (Å²) in [7, 11) is -2.90. The number of hydrogen-bond donors (Lipinski definition) is 0. The van der Waals surface area contributed by atoms with Crippen LogP contribution in [0.2, 0.25) is 0 Å². The molecule has 0 aliphatic heterocycles. The predicted molar refractivity (Wildman–Crippen MR) is 59.8 cm³/mol. The van der Waals surface area contributed by atoms with E-state index < -0.39 is 7.60 Å². The van der Waals surface area contributed by atoms with Crippen molar-refractivity contribution in [3.63, 3.8) is 0 Å². The van der Waals surface area contributed by atoms with E-state index in [2.05, 4.69) is 0 Å². The van der Waals surface area contributed by atoms with E-state index in [0.29, 0.717) is 0 Å². The monoisotopic (exact) mass is 222 g/mol. The predicted octanol–water partition coefficient (Wildman–Crippen LogP) is 3.69. The van der Waals surface area contributed by atoms with Crippen molar-refractivity contribution in [3.05, 3.63) is 0 Å². The maximum Gasteiger partial charge on any atom is 0.328 e. The van der Waals surface area contributed by atoms with E-state index in [-0.39, 0.29) is 17.6 Å². The van der Waals surface area contributed by atoms with Gasteiger partial charge in [0.15, 0.2) is 0 Å². The average molecular weight is 222 g/mol. The van der Waals surface area contributed by atoms with Crippen LogP contribution in [0.25, 0.3) is 0 Å². The second-order valence-corrected chi connectivity index (χ2v) is 7.00. The Bertz CT molecular complexity index is 218. The lowest BCUT2D eigenvalue weighted by molar-refractivity contribution is 0.0714. The molecule has 3 nitrogen and oxygen atoms in total. The van der Waals surface area contributed by atoms with Crippen LogP contribution in [0.15, 0.2) is 0 Å². The van der Waals surface area contributed by atoms with E-state index in [0.717, 1.165) is 0 Å². The van der Waals surface area contributed by atoms with Crippen molar-refractivity contribution in [2.75, 3.05) is 6.66 Å². The Morgan fingerprint density at radius 1 is 1.07 bits per heavy atom. The van der Waals surface area contributed by atoms with Gasteiger partial charge in [0.25, 0.3) is 0 Å². The van der Waals surface area contributed by atoms with E-state index in [9.17, 15) is 4.57 Å². The van der Waals surface area contributed by atoms with Gasteiger partial charge < -0.3 is 9.05 Å². The van der Waals surface area contributed by atoms with Crippen LogP contribution in [0.3, 0.4) is 0 Å². The second-order valence-electron chi connectivity index (χ2n) is 5.04. The summed E-state index contributed by atoms with van der Waals surface area (Å²) in [5.41, 5.74) is -0.0218. The second kappa shape index (κ2) is 4.78. The Morgan fingerprint density at radius 2 is 1.50 bits per heavy atom. The lowest BCUT2D eigenvalue weighted by Crippen LogP contribution is -2.25. The first-order valence-electron chi connectivity index (χ1n) is 4.99. The Morgan fingerprint density at radius 3 is 1.79 bits per heavy atom. The van der Waals surface area contributed by atoms with E-state index in [1.165, 1.54) is 6.66 Å². The Labute approximate surface area is 87.7 Å². The van der Waals surface area contributed by atoms with Gasteiger partial charge in [-0.05, 0) is 26.2 Å². The minimum atomic E-state index is -2.90. The Hall–Kier alpha value is 0.150. The van der Waals surface area contributed by atoms with E-state index >= 15 is 0 Å². The SMILES string of the molecule is CC(C)OP(C)(=O)OC(C)C(C)(C)C. The maximum absolute atomic E-state index is 11.8. The van der Waals surface area contributed by atoms with Crippen LogP contribution in [-0.4, -0.2) is 18.9 Å². The molecular weight excluding hydrogens is 199 g/mol. The fraction of sp³-hybridized carbons (Fsp3) is 1.00. The van der Waals surface area contributed by atoms with Crippen LogP contribution in [0, 0.1) is 5.41 Å². The third-order valence-corrected chi connectivity index (χ3v) is 3.48. The van der Waals surface area contributed by atoms with Crippen LogP contribution in [-0.2, 0) is 13.6 Å². The molecule has 0 heterocycles. The van der Waals surface area contributed by atoms with Crippen molar-refractivity contribution >= 4 is 7.60 Å². The van der Waals surface area contributed by atoms with Crippen molar-refractivity contribution in [1.82, 2.24) is 0 Å². The highest BCUT2D eigenvalue weighted by Gasteiger charge is 2.29.